The number of rotatable bonds is 4. The maximum atomic E-state index is 14.0. The van der Waals surface area contributed by atoms with Gasteiger partial charge in [0.2, 0.25) is 0 Å². The van der Waals surface area contributed by atoms with Crippen molar-refractivity contribution in [3.8, 4) is 5.75 Å². The van der Waals surface area contributed by atoms with Gasteiger partial charge in [-0.1, -0.05) is 25.2 Å². The molecule has 3 aromatic rings. The number of carbonyl (C=O) groups excluding carboxylic acids is 1. The lowest BCUT2D eigenvalue weighted by molar-refractivity contribution is 0.0991. The van der Waals surface area contributed by atoms with E-state index in [0.29, 0.717) is 15.4 Å². The van der Waals surface area contributed by atoms with Gasteiger partial charge in [-0.15, -0.1) is 0 Å². The van der Waals surface area contributed by atoms with Crippen LogP contribution in [0.3, 0.4) is 0 Å². The maximum Gasteiger partial charge on any atom is 0.254 e. The second-order valence-electron chi connectivity index (χ2n) is 4.47. The largest absolute Gasteiger partial charge is 0.483 e. The summed E-state index contributed by atoms with van der Waals surface area (Å²) in [5.41, 5.74) is 4.82. The molecule has 0 unspecified atom stereocenters. The Balaban J connectivity index is 0.00000109. The first-order valence-electron chi connectivity index (χ1n) is 7.27. The molecule has 3 rings (SSSR count). The fourth-order valence-electron chi connectivity index (χ4n) is 1.92. The smallest absolute Gasteiger partial charge is 0.254 e. The molecule has 0 fully saturated rings. The highest BCUT2D eigenvalue weighted by Gasteiger charge is 2.19. The van der Waals surface area contributed by atoms with Gasteiger partial charge in [0.1, 0.15) is 33.3 Å². The van der Waals surface area contributed by atoms with Crippen molar-refractivity contribution in [1.29, 1.82) is 0 Å². The van der Waals surface area contributed by atoms with Crippen molar-refractivity contribution in [3.63, 3.8) is 0 Å². The molecule has 2 heterocycles. The molecule has 132 valence electrons. The van der Waals surface area contributed by atoms with Crippen LogP contribution in [0.4, 0.5) is 8.78 Å². The second-order valence-corrected chi connectivity index (χ2v) is 6.45. The monoisotopic (exact) mass is 429 g/mol. The number of hydrogen-bond acceptors (Lipinski definition) is 5. The number of ether oxygens (including phenoxy) is 1. The molecule has 0 aliphatic heterocycles. The summed E-state index contributed by atoms with van der Waals surface area (Å²) in [6.07, 6.45) is 1.64. The van der Waals surface area contributed by atoms with Crippen LogP contribution in [0.2, 0.25) is 0 Å². The molecule has 25 heavy (non-hydrogen) atoms. The Hall–Kier alpha value is -2.13. The number of benzene rings is 1. The minimum absolute atomic E-state index is 0.0423. The highest BCUT2D eigenvalue weighted by molar-refractivity contribution is 9.10. The number of hydrogen-bond donors (Lipinski definition) is 1. The molecule has 0 atom stereocenters. The number of nitrogens with two attached hydrogens (primary N) is 1. The van der Waals surface area contributed by atoms with Gasteiger partial charge in [-0.2, -0.15) is 0 Å². The van der Waals surface area contributed by atoms with E-state index in [0.717, 1.165) is 16.6 Å². The Morgan fingerprint density at radius 3 is 2.76 bits per heavy atom. The summed E-state index contributed by atoms with van der Waals surface area (Å²) < 4.78 is 33.5. The lowest BCUT2D eigenvalue weighted by Crippen LogP contribution is -2.16. The van der Waals surface area contributed by atoms with Gasteiger partial charge in [-0.3, -0.25) is 4.79 Å². The van der Waals surface area contributed by atoms with Crippen LogP contribution in [0.5, 0.6) is 5.75 Å². The van der Waals surface area contributed by atoms with Crippen LogP contribution in [-0.2, 0) is 6.61 Å². The van der Waals surface area contributed by atoms with Crippen LogP contribution in [0.15, 0.2) is 28.9 Å². The molecule has 0 saturated carbocycles. The SMILES string of the molecule is CC.NC(=O)c1c(F)ccc(OCc2nc3cc(Br)cnc3s2)c1F. The minimum Gasteiger partial charge on any atom is -0.483 e. The molecule has 2 N–H and O–H groups in total. The lowest BCUT2D eigenvalue weighted by atomic mass is 10.2. The third kappa shape index (κ3) is 4.29. The highest BCUT2D eigenvalue weighted by Crippen LogP contribution is 2.26. The normalized spacial score (nSPS) is 10.3. The molecule has 1 aromatic carbocycles. The van der Waals surface area contributed by atoms with Crippen LogP contribution in [0.1, 0.15) is 29.2 Å². The molecule has 0 bridgehead atoms. The Morgan fingerprint density at radius 1 is 1.36 bits per heavy atom. The van der Waals surface area contributed by atoms with Gasteiger partial charge in [0.15, 0.2) is 11.6 Å². The molecule has 9 heteroatoms. The third-order valence-corrected chi connectivity index (χ3v) is 4.30. The Morgan fingerprint density at radius 2 is 2.08 bits per heavy atom. The zero-order chi connectivity index (χ0) is 18.6. The van der Waals surface area contributed by atoms with Crippen LogP contribution < -0.4 is 10.5 Å². The van der Waals surface area contributed by atoms with Crippen LogP contribution in [0, 0.1) is 11.6 Å². The number of aromatic nitrogens is 2. The predicted octanol–water partition coefficient (Wildman–Crippen LogP) is 4.44. The number of pyridine rings is 1. The summed E-state index contributed by atoms with van der Waals surface area (Å²) in [4.78, 5) is 20.3. The van der Waals surface area contributed by atoms with E-state index in [2.05, 4.69) is 25.9 Å². The molecular weight excluding hydrogens is 416 g/mol. The Labute approximate surface area is 155 Å². The second kappa shape index (κ2) is 8.30. The molecule has 2 aromatic heterocycles. The lowest BCUT2D eigenvalue weighted by Gasteiger charge is -2.08. The Kier molecular flexibility index (Phi) is 6.38. The molecule has 5 nitrogen and oxygen atoms in total. The standard InChI is InChI=1S/C14H8BrF2N3O2S.C2H6/c15-6-3-8-14(19-4-6)23-10(20-8)5-22-9-2-1-7(16)11(12(9)17)13(18)21;1-2/h1-4H,5H2,(H2,18,21);1-2H3. The van der Waals surface area contributed by atoms with Crippen molar-refractivity contribution in [2.75, 3.05) is 0 Å². The third-order valence-electron chi connectivity index (χ3n) is 2.91. The first-order chi connectivity index (χ1) is 12.0. The van der Waals surface area contributed by atoms with E-state index < -0.39 is 23.1 Å². The van der Waals surface area contributed by atoms with Crippen LogP contribution in [0.25, 0.3) is 10.3 Å². The number of nitrogens with zero attached hydrogens (tertiary/aromatic N) is 2. The van der Waals surface area contributed by atoms with Crippen molar-refractivity contribution in [2.24, 2.45) is 5.73 Å². The fraction of sp³-hybridized carbons (Fsp3) is 0.188. The average molecular weight is 430 g/mol. The van der Waals surface area contributed by atoms with Gasteiger partial charge in [-0.05, 0) is 34.1 Å². The van der Waals surface area contributed by atoms with Crippen molar-refractivity contribution in [3.05, 3.63) is 51.1 Å². The first kappa shape index (κ1) is 19.2. The summed E-state index contributed by atoms with van der Waals surface area (Å²) in [5.74, 6) is -3.62. The van der Waals surface area contributed by atoms with Gasteiger partial charge < -0.3 is 10.5 Å². The summed E-state index contributed by atoms with van der Waals surface area (Å²) in [5, 5.41) is 0.565. The first-order valence-corrected chi connectivity index (χ1v) is 8.88. The number of fused-ring (bicyclic) bond motifs is 1. The van der Waals surface area contributed by atoms with E-state index >= 15 is 0 Å². The number of carbonyl (C=O) groups is 1. The minimum atomic E-state index is -1.19. The summed E-state index contributed by atoms with van der Waals surface area (Å²) in [7, 11) is 0. The summed E-state index contributed by atoms with van der Waals surface area (Å²) in [6.45, 7) is 3.96. The van der Waals surface area contributed by atoms with Gasteiger partial charge in [0, 0.05) is 10.7 Å². The van der Waals surface area contributed by atoms with E-state index in [9.17, 15) is 13.6 Å². The molecule has 0 saturated heterocycles. The molecule has 0 aliphatic rings. The van der Waals surface area contributed by atoms with E-state index in [1.807, 2.05) is 13.8 Å². The number of thiazole rings is 1. The fourth-order valence-corrected chi connectivity index (χ4v) is 3.03. The predicted molar refractivity (Wildman–Crippen MR) is 95.7 cm³/mol. The molecule has 1 amide bonds. The number of halogens is 3. The molecule has 0 spiro atoms. The van der Waals surface area contributed by atoms with Crippen molar-refractivity contribution < 1.29 is 18.3 Å². The van der Waals surface area contributed by atoms with Gasteiger partial charge in [0.05, 0.1) is 0 Å². The molecule has 0 aliphatic carbocycles. The van der Waals surface area contributed by atoms with Crippen molar-refractivity contribution >= 4 is 43.5 Å². The van der Waals surface area contributed by atoms with E-state index in [-0.39, 0.29) is 12.4 Å². The van der Waals surface area contributed by atoms with E-state index in [1.54, 1.807) is 12.3 Å². The van der Waals surface area contributed by atoms with Gasteiger partial charge in [-0.25, -0.2) is 18.7 Å². The van der Waals surface area contributed by atoms with Gasteiger partial charge in [0.25, 0.3) is 5.91 Å². The van der Waals surface area contributed by atoms with E-state index in [4.69, 9.17) is 10.5 Å². The molecular formula is C16H14BrF2N3O2S. The number of amides is 1. The molecule has 0 radical (unpaired) electrons. The zero-order valence-electron chi connectivity index (χ0n) is 13.3. The van der Waals surface area contributed by atoms with Crippen molar-refractivity contribution in [1.82, 2.24) is 9.97 Å². The maximum absolute atomic E-state index is 14.0. The Bertz CT molecular complexity index is 918. The topological polar surface area (TPSA) is 78.1 Å². The highest BCUT2D eigenvalue weighted by atomic mass is 79.9. The van der Waals surface area contributed by atoms with Gasteiger partial charge >= 0.3 is 0 Å². The zero-order valence-corrected chi connectivity index (χ0v) is 15.7. The van der Waals surface area contributed by atoms with E-state index in [1.165, 1.54) is 11.3 Å². The quantitative estimate of drug-likeness (QED) is 0.664. The van der Waals surface area contributed by atoms with Crippen LogP contribution in [-0.4, -0.2) is 15.9 Å². The number of primary amides is 1. The van der Waals surface area contributed by atoms with Crippen LogP contribution >= 0.6 is 27.3 Å². The summed E-state index contributed by atoms with van der Waals surface area (Å²) in [6, 6.07) is 3.82. The average Bonchev–Trinajstić information content (AvgIpc) is 2.97. The van der Waals surface area contributed by atoms with Crippen molar-refractivity contribution in [2.45, 2.75) is 20.5 Å². The summed E-state index contributed by atoms with van der Waals surface area (Å²) >= 11 is 4.59.